The number of aryl methyl sites for hydroxylation is 1. The normalized spacial score (nSPS) is 17.1. The summed E-state index contributed by atoms with van der Waals surface area (Å²) in [5.41, 5.74) is 3.45. The second kappa shape index (κ2) is 5.72. The number of aliphatic hydroxyl groups excluding tert-OH is 1. The smallest absolute Gasteiger partial charge is 0.254 e. The fourth-order valence-electron chi connectivity index (χ4n) is 3.30. The Labute approximate surface area is 139 Å². The number of benzene rings is 1. The first kappa shape index (κ1) is 14.8. The second-order valence-corrected chi connectivity index (χ2v) is 6.13. The molecule has 1 N–H and O–H groups in total. The molecule has 2 aromatic heterocycles. The van der Waals surface area contributed by atoms with E-state index in [1.165, 1.54) is 0 Å². The molecule has 0 unspecified atom stereocenters. The quantitative estimate of drug-likeness (QED) is 0.777. The number of aliphatic hydroxyl groups is 1. The topological polar surface area (TPSA) is 71.2 Å². The lowest BCUT2D eigenvalue weighted by molar-refractivity contribution is 0.0536. The summed E-state index contributed by atoms with van der Waals surface area (Å²) in [6, 6.07) is 9.06. The molecule has 3 heterocycles. The van der Waals surface area contributed by atoms with E-state index in [-0.39, 0.29) is 18.6 Å². The predicted octanol–water partition coefficient (Wildman–Crippen LogP) is 1.53. The first-order valence-electron chi connectivity index (χ1n) is 7.93. The Kier molecular flexibility index (Phi) is 3.54. The summed E-state index contributed by atoms with van der Waals surface area (Å²) < 4.78 is 1.96. The van der Waals surface area contributed by atoms with E-state index in [1.807, 2.05) is 35.9 Å². The number of carbonyl (C=O) groups excluding carboxylic acids is 1. The fraction of sp³-hybridized carbons (Fsp3) is 0.278. The standard InChI is InChI=1S/C18H18N4O2/c1-21-11-20-16-9-22(14(10-23)8-17(16)21)18(24)13-4-5-15-12(7-13)3-2-6-19-15/h2-7,11,14,23H,8-10H2,1H3/t14-/m1/s1. The summed E-state index contributed by atoms with van der Waals surface area (Å²) in [6.45, 7) is 0.358. The van der Waals surface area contributed by atoms with Crippen molar-refractivity contribution in [3.05, 3.63) is 59.8 Å². The summed E-state index contributed by atoms with van der Waals surface area (Å²) in [6.07, 6.45) is 4.11. The molecule has 1 amide bonds. The zero-order valence-corrected chi connectivity index (χ0v) is 13.4. The Balaban J connectivity index is 1.69. The number of imidazole rings is 1. The summed E-state index contributed by atoms with van der Waals surface area (Å²) >= 11 is 0. The maximum Gasteiger partial charge on any atom is 0.254 e. The largest absolute Gasteiger partial charge is 0.394 e. The highest BCUT2D eigenvalue weighted by Crippen LogP contribution is 2.24. The maximum atomic E-state index is 13.0. The van der Waals surface area contributed by atoms with Crippen molar-refractivity contribution in [3.63, 3.8) is 0 Å². The number of fused-ring (bicyclic) bond motifs is 2. The number of amides is 1. The van der Waals surface area contributed by atoms with Gasteiger partial charge in [0.05, 0.1) is 36.7 Å². The van der Waals surface area contributed by atoms with Gasteiger partial charge in [0.1, 0.15) is 0 Å². The van der Waals surface area contributed by atoms with Crippen LogP contribution in [0.1, 0.15) is 21.7 Å². The van der Waals surface area contributed by atoms with Gasteiger partial charge in [0, 0.05) is 36.3 Å². The lowest BCUT2D eigenvalue weighted by atomic mass is 10.0. The van der Waals surface area contributed by atoms with E-state index in [9.17, 15) is 9.90 Å². The Morgan fingerprint density at radius 2 is 2.21 bits per heavy atom. The van der Waals surface area contributed by atoms with Gasteiger partial charge < -0.3 is 14.6 Å². The molecule has 1 aromatic carbocycles. The number of hydrogen-bond donors (Lipinski definition) is 1. The lowest BCUT2D eigenvalue weighted by Gasteiger charge is -2.34. The van der Waals surface area contributed by atoms with Crippen molar-refractivity contribution >= 4 is 16.8 Å². The van der Waals surface area contributed by atoms with Crippen LogP contribution in [0.5, 0.6) is 0 Å². The van der Waals surface area contributed by atoms with Gasteiger partial charge in [0.25, 0.3) is 5.91 Å². The zero-order valence-electron chi connectivity index (χ0n) is 13.4. The van der Waals surface area contributed by atoms with Crippen molar-refractivity contribution in [1.82, 2.24) is 19.4 Å². The molecule has 6 nitrogen and oxygen atoms in total. The first-order chi connectivity index (χ1) is 11.7. The maximum absolute atomic E-state index is 13.0. The SMILES string of the molecule is Cn1cnc2c1C[C@H](CO)N(C(=O)c1ccc3ncccc3c1)C2. The van der Waals surface area contributed by atoms with Gasteiger partial charge in [-0.15, -0.1) is 0 Å². The first-order valence-corrected chi connectivity index (χ1v) is 7.93. The molecule has 0 aliphatic carbocycles. The number of hydrogen-bond acceptors (Lipinski definition) is 4. The molecule has 0 spiro atoms. The molecule has 6 heteroatoms. The van der Waals surface area contributed by atoms with Gasteiger partial charge in [-0.25, -0.2) is 4.98 Å². The molecule has 0 saturated carbocycles. The summed E-state index contributed by atoms with van der Waals surface area (Å²) in [4.78, 5) is 23.4. The summed E-state index contributed by atoms with van der Waals surface area (Å²) in [5.74, 6) is -0.0869. The van der Waals surface area contributed by atoms with Gasteiger partial charge in [0.15, 0.2) is 0 Å². The van der Waals surface area contributed by atoms with Crippen molar-refractivity contribution in [3.8, 4) is 0 Å². The Bertz CT molecular complexity index is 918. The molecule has 0 fully saturated rings. The lowest BCUT2D eigenvalue weighted by Crippen LogP contribution is -2.46. The van der Waals surface area contributed by atoms with Crippen LogP contribution in [0.15, 0.2) is 42.9 Å². The predicted molar refractivity (Wildman–Crippen MR) is 89.4 cm³/mol. The number of pyridine rings is 1. The van der Waals surface area contributed by atoms with Crippen LogP contribution in [-0.4, -0.2) is 43.1 Å². The minimum absolute atomic E-state index is 0.0640. The Morgan fingerprint density at radius 1 is 1.33 bits per heavy atom. The molecule has 24 heavy (non-hydrogen) atoms. The van der Waals surface area contributed by atoms with Gasteiger partial charge in [-0.3, -0.25) is 9.78 Å². The van der Waals surface area contributed by atoms with Crippen LogP contribution in [0.3, 0.4) is 0 Å². The molecular formula is C18H18N4O2. The molecule has 0 radical (unpaired) electrons. The molecule has 1 atom stereocenters. The third kappa shape index (κ3) is 2.35. The number of rotatable bonds is 2. The fourth-order valence-corrected chi connectivity index (χ4v) is 3.30. The van der Waals surface area contributed by atoms with Crippen LogP contribution in [0.25, 0.3) is 10.9 Å². The van der Waals surface area contributed by atoms with Gasteiger partial charge in [-0.2, -0.15) is 0 Å². The van der Waals surface area contributed by atoms with Crippen LogP contribution in [0, 0.1) is 0 Å². The van der Waals surface area contributed by atoms with Crippen LogP contribution in [0.2, 0.25) is 0 Å². The van der Waals surface area contributed by atoms with E-state index < -0.39 is 0 Å². The number of nitrogens with zero attached hydrogens (tertiary/aromatic N) is 4. The van der Waals surface area contributed by atoms with Gasteiger partial charge in [-0.1, -0.05) is 6.07 Å². The van der Waals surface area contributed by atoms with Crippen LogP contribution in [-0.2, 0) is 20.0 Å². The van der Waals surface area contributed by atoms with Crippen molar-refractivity contribution in [2.45, 2.75) is 19.0 Å². The van der Waals surface area contributed by atoms with Crippen LogP contribution < -0.4 is 0 Å². The monoisotopic (exact) mass is 322 g/mol. The molecule has 0 bridgehead atoms. The molecule has 1 aliphatic heterocycles. The molecule has 1 aliphatic rings. The van der Waals surface area contributed by atoms with E-state index in [2.05, 4.69) is 9.97 Å². The summed E-state index contributed by atoms with van der Waals surface area (Å²) in [7, 11) is 1.94. The molecule has 122 valence electrons. The van der Waals surface area contributed by atoms with Crippen molar-refractivity contribution in [2.75, 3.05) is 6.61 Å². The summed E-state index contributed by atoms with van der Waals surface area (Å²) in [5, 5.41) is 10.7. The third-order valence-electron chi connectivity index (χ3n) is 4.66. The van der Waals surface area contributed by atoms with E-state index in [0.717, 1.165) is 22.3 Å². The molecule has 4 rings (SSSR count). The highest BCUT2D eigenvalue weighted by atomic mass is 16.3. The highest BCUT2D eigenvalue weighted by molar-refractivity contribution is 5.98. The molecule has 0 saturated heterocycles. The van der Waals surface area contributed by atoms with Gasteiger partial charge in [-0.05, 0) is 24.3 Å². The average Bonchev–Trinajstić information content (AvgIpc) is 2.99. The van der Waals surface area contributed by atoms with E-state index in [1.54, 1.807) is 23.5 Å². The van der Waals surface area contributed by atoms with Gasteiger partial charge in [0.2, 0.25) is 0 Å². The number of aromatic nitrogens is 3. The van der Waals surface area contributed by atoms with E-state index >= 15 is 0 Å². The van der Waals surface area contributed by atoms with E-state index in [0.29, 0.717) is 18.5 Å². The minimum atomic E-state index is -0.231. The van der Waals surface area contributed by atoms with Crippen LogP contribution in [0.4, 0.5) is 0 Å². The second-order valence-electron chi connectivity index (χ2n) is 6.13. The molecule has 3 aromatic rings. The van der Waals surface area contributed by atoms with Crippen LogP contribution >= 0.6 is 0 Å². The Hall–Kier alpha value is -2.73. The zero-order chi connectivity index (χ0) is 16.7. The van der Waals surface area contributed by atoms with Crippen molar-refractivity contribution in [2.24, 2.45) is 7.05 Å². The third-order valence-corrected chi connectivity index (χ3v) is 4.66. The average molecular weight is 322 g/mol. The highest BCUT2D eigenvalue weighted by Gasteiger charge is 2.32. The molecular weight excluding hydrogens is 304 g/mol. The van der Waals surface area contributed by atoms with Crippen molar-refractivity contribution in [1.29, 1.82) is 0 Å². The Morgan fingerprint density at radius 3 is 3.04 bits per heavy atom. The number of carbonyl (C=O) groups is 1. The minimum Gasteiger partial charge on any atom is -0.394 e. The van der Waals surface area contributed by atoms with Crippen molar-refractivity contribution < 1.29 is 9.90 Å². The van der Waals surface area contributed by atoms with Gasteiger partial charge >= 0.3 is 0 Å². The van der Waals surface area contributed by atoms with E-state index in [4.69, 9.17) is 0 Å².